The molecule has 1 aromatic carbocycles. The highest BCUT2D eigenvalue weighted by Crippen LogP contribution is 2.20. The zero-order valence-corrected chi connectivity index (χ0v) is 10.4. The molecular weight excluding hydrogens is 234 g/mol. The number of esters is 1. The van der Waals surface area contributed by atoms with Gasteiger partial charge in [-0.3, -0.25) is 4.79 Å². The van der Waals surface area contributed by atoms with Gasteiger partial charge in [-0.05, 0) is 30.2 Å². The van der Waals surface area contributed by atoms with Crippen molar-refractivity contribution in [1.29, 1.82) is 0 Å². The van der Waals surface area contributed by atoms with E-state index in [1.807, 2.05) is 6.07 Å². The van der Waals surface area contributed by atoms with Crippen LogP contribution in [-0.2, 0) is 27.5 Å². The number of carbonyl (C=O) groups is 2. The molecule has 0 aliphatic carbocycles. The van der Waals surface area contributed by atoms with Gasteiger partial charge in [-0.2, -0.15) is 0 Å². The van der Waals surface area contributed by atoms with Gasteiger partial charge in [0.1, 0.15) is 6.04 Å². The highest BCUT2D eigenvalue weighted by molar-refractivity contribution is 5.96. The second-order valence-electron chi connectivity index (χ2n) is 4.19. The Hall–Kier alpha value is -1.88. The van der Waals surface area contributed by atoms with Gasteiger partial charge < -0.3 is 14.8 Å². The van der Waals surface area contributed by atoms with Gasteiger partial charge in [-0.25, -0.2) is 4.79 Å². The fourth-order valence-corrected chi connectivity index (χ4v) is 1.83. The number of carbonyl (C=O) groups excluding carboxylic acids is 2. The number of nitrogens with one attached hydrogen (secondary N) is 1. The summed E-state index contributed by atoms with van der Waals surface area (Å²) in [6.45, 7) is 2.71. The first-order valence-electron chi connectivity index (χ1n) is 5.70. The minimum atomic E-state index is -0.660. The zero-order chi connectivity index (χ0) is 13.1. The van der Waals surface area contributed by atoms with Gasteiger partial charge in [0.15, 0.2) is 0 Å². The van der Waals surface area contributed by atoms with Crippen LogP contribution in [0.4, 0.5) is 0 Å². The predicted molar refractivity (Wildman–Crippen MR) is 63.9 cm³/mol. The smallest absolute Gasteiger partial charge is 0.328 e. The third kappa shape index (κ3) is 2.51. The van der Waals surface area contributed by atoms with Crippen molar-refractivity contribution in [3.63, 3.8) is 0 Å². The van der Waals surface area contributed by atoms with Crippen molar-refractivity contribution in [1.82, 2.24) is 5.32 Å². The molecule has 96 valence electrons. The first-order chi connectivity index (χ1) is 8.61. The molecule has 1 atom stereocenters. The van der Waals surface area contributed by atoms with Crippen LogP contribution in [-0.4, -0.2) is 25.0 Å². The summed E-state index contributed by atoms with van der Waals surface area (Å²) in [5, 5.41) is 2.58. The van der Waals surface area contributed by atoms with Gasteiger partial charge in [0.05, 0.1) is 20.3 Å². The Kier molecular flexibility index (Phi) is 3.62. The van der Waals surface area contributed by atoms with Gasteiger partial charge in [0.25, 0.3) is 5.91 Å². The average molecular weight is 249 g/mol. The van der Waals surface area contributed by atoms with Gasteiger partial charge in [-0.15, -0.1) is 0 Å². The minimum Gasteiger partial charge on any atom is -0.467 e. The molecule has 0 saturated heterocycles. The van der Waals surface area contributed by atoms with Crippen LogP contribution in [0.3, 0.4) is 0 Å². The summed E-state index contributed by atoms with van der Waals surface area (Å²) < 4.78 is 9.83. The quantitative estimate of drug-likeness (QED) is 0.812. The Bertz CT molecular complexity index is 484. The molecule has 1 aromatic rings. The molecule has 0 saturated carbocycles. The number of hydrogen-bond donors (Lipinski definition) is 1. The molecule has 0 aromatic heterocycles. The van der Waals surface area contributed by atoms with E-state index in [0.29, 0.717) is 18.8 Å². The van der Waals surface area contributed by atoms with E-state index < -0.39 is 12.0 Å². The van der Waals surface area contributed by atoms with Crippen molar-refractivity contribution in [2.45, 2.75) is 26.2 Å². The van der Waals surface area contributed by atoms with Crippen molar-refractivity contribution in [3.05, 3.63) is 34.9 Å². The lowest BCUT2D eigenvalue weighted by atomic mass is 10.1. The molecule has 1 heterocycles. The zero-order valence-electron chi connectivity index (χ0n) is 10.4. The van der Waals surface area contributed by atoms with E-state index >= 15 is 0 Å². The monoisotopic (exact) mass is 249 g/mol. The molecule has 0 radical (unpaired) electrons. The van der Waals surface area contributed by atoms with E-state index in [-0.39, 0.29) is 5.91 Å². The molecular formula is C13H15NO4. The first-order valence-corrected chi connectivity index (χ1v) is 5.70. The summed E-state index contributed by atoms with van der Waals surface area (Å²) in [5.41, 5.74) is 2.65. The molecule has 18 heavy (non-hydrogen) atoms. The SMILES string of the molecule is COC(=O)[C@H](C)NC(=O)c1ccc2c(c1)COC2. The molecule has 5 heteroatoms. The standard InChI is InChI=1S/C13H15NO4/c1-8(13(16)17-2)14-12(15)9-3-4-10-6-18-7-11(10)5-9/h3-5,8H,6-7H2,1-2H3,(H,14,15)/t8-/m0/s1. The lowest BCUT2D eigenvalue weighted by Gasteiger charge is -2.11. The topological polar surface area (TPSA) is 64.6 Å². The van der Waals surface area contributed by atoms with Gasteiger partial charge in [0, 0.05) is 5.56 Å². The van der Waals surface area contributed by atoms with Crippen LogP contribution in [0.15, 0.2) is 18.2 Å². The van der Waals surface area contributed by atoms with Gasteiger partial charge >= 0.3 is 5.97 Å². The maximum absolute atomic E-state index is 11.9. The predicted octanol–water partition coefficient (Wildman–Crippen LogP) is 1.01. The maximum atomic E-state index is 11.9. The van der Waals surface area contributed by atoms with Crippen molar-refractivity contribution in [2.24, 2.45) is 0 Å². The van der Waals surface area contributed by atoms with Crippen LogP contribution in [0, 0.1) is 0 Å². The normalized spacial score (nSPS) is 14.8. The number of rotatable bonds is 3. The van der Waals surface area contributed by atoms with Crippen molar-refractivity contribution >= 4 is 11.9 Å². The van der Waals surface area contributed by atoms with Crippen molar-refractivity contribution in [3.8, 4) is 0 Å². The lowest BCUT2D eigenvalue weighted by molar-refractivity contribution is -0.142. The third-order valence-electron chi connectivity index (χ3n) is 2.89. The first kappa shape index (κ1) is 12.6. The van der Waals surface area contributed by atoms with Crippen molar-refractivity contribution in [2.75, 3.05) is 7.11 Å². The summed E-state index contributed by atoms with van der Waals surface area (Å²) in [7, 11) is 1.29. The van der Waals surface area contributed by atoms with Gasteiger partial charge in [0.2, 0.25) is 0 Å². The molecule has 0 unspecified atom stereocenters. The molecule has 5 nitrogen and oxygen atoms in total. The second-order valence-corrected chi connectivity index (χ2v) is 4.19. The average Bonchev–Trinajstić information content (AvgIpc) is 2.84. The minimum absolute atomic E-state index is 0.289. The Balaban J connectivity index is 2.07. The van der Waals surface area contributed by atoms with Crippen LogP contribution < -0.4 is 5.32 Å². The lowest BCUT2D eigenvalue weighted by Crippen LogP contribution is -2.39. The maximum Gasteiger partial charge on any atom is 0.328 e. The van der Waals surface area contributed by atoms with Crippen molar-refractivity contribution < 1.29 is 19.1 Å². The summed E-state index contributed by atoms with van der Waals surface area (Å²) in [5.74, 6) is -0.754. The number of fused-ring (bicyclic) bond motifs is 1. The van der Waals surface area contributed by atoms with E-state index in [1.54, 1.807) is 19.1 Å². The van der Waals surface area contributed by atoms with Gasteiger partial charge in [-0.1, -0.05) is 6.07 Å². The summed E-state index contributed by atoms with van der Waals surface area (Å²) in [6.07, 6.45) is 0. The number of ether oxygens (including phenoxy) is 2. The van der Waals surface area contributed by atoms with Crippen LogP contribution in [0.5, 0.6) is 0 Å². The Labute approximate surface area is 105 Å². The van der Waals surface area contributed by atoms with E-state index in [4.69, 9.17) is 4.74 Å². The summed E-state index contributed by atoms with van der Waals surface area (Å²) in [4.78, 5) is 23.1. The molecule has 1 aliphatic rings. The molecule has 1 amide bonds. The fourth-order valence-electron chi connectivity index (χ4n) is 1.83. The second kappa shape index (κ2) is 5.18. The number of hydrogen-bond acceptors (Lipinski definition) is 4. The van der Waals surface area contributed by atoms with E-state index in [0.717, 1.165) is 11.1 Å². The highest BCUT2D eigenvalue weighted by atomic mass is 16.5. The Morgan fingerprint density at radius 2 is 2.06 bits per heavy atom. The molecule has 2 rings (SSSR count). The third-order valence-corrected chi connectivity index (χ3v) is 2.89. The van der Waals surface area contributed by atoms with Crippen LogP contribution in [0.1, 0.15) is 28.4 Å². The molecule has 0 bridgehead atoms. The van der Waals surface area contributed by atoms with E-state index in [9.17, 15) is 9.59 Å². The Morgan fingerprint density at radius 3 is 2.78 bits per heavy atom. The summed E-state index contributed by atoms with van der Waals surface area (Å²) >= 11 is 0. The van der Waals surface area contributed by atoms with E-state index in [2.05, 4.69) is 10.1 Å². The number of methoxy groups -OCH3 is 1. The fraction of sp³-hybridized carbons (Fsp3) is 0.385. The van der Waals surface area contributed by atoms with Crippen LogP contribution >= 0.6 is 0 Å². The van der Waals surface area contributed by atoms with E-state index in [1.165, 1.54) is 7.11 Å². The number of benzene rings is 1. The molecule has 0 fully saturated rings. The largest absolute Gasteiger partial charge is 0.467 e. The summed E-state index contributed by atoms with van der Waals surface area (Å²) in [6, 6.07) is 4.74. The van der Waals surface area contributed by atoms with Crippen LogP contribution in [0.25, 0.3) is 0 Å². The van der Waals surface area contributed by atoms with Crippen LogP contribution in [0.2, 0.25) is 0 Å². The molecule has 1 aliphatic heterocycles. The molecule has 0 spiro atoms. The Morgan fingerprint density at radius 1 is 1.33 bits per heavy atom. The highest BCUT2D eigenvalue weighted by Gasteiger charge is 2.18. The number of amides is 1. The molecule has 1 N–H and O–H groups in total.